The summed E-state index contributed by atoms with van der Waals surface area (Å²) in [6.45, 7) is 2.08. The molecule has 1 rings (SSSR count). The monoisotopic (exact) mass is 364 g/mol. The van der Waals surface area contributed by atoms with Crippen molar-refractivity contribution in [1.82, 2.24) is 0 Å². The van der Waals surface area contributed by atoms with Crippen LogP contribution in [-0.2, 0) is 25.8 Å². The Morgan fingerprint density at radius 2 is 1.20 bits per heavy atom. The summed E-state index contributed by atoms with van der Waals surface area (Å²) in [5.74, 6) is 0. The van der Waals surface area contributed by atoms with Crippen LogP contribution in [-0.4, -0.2) is 0 Å². The molecule has 0 aromatic heterocycles. The SMILES string of the molecule is C[c-]1cccc1.[Cl-].[Cl-].[Cl-].[Hf+4]. The molecule has 0 atom stereocenters. The van der Waals surface area contributed by atoms with Crippen molar-refractivity contribution in [2.45, 2.75) is 6.92 Å². The third-order valence-corrected chi connectivity index (χ3v) is 0.829. The summed E-state index contributed by atoms with van der Waals surface area (Å²) in [4.78, 5) is 0. The van der Waals surface area contributed by atoms with Crippen LogP contribution in [0.25, 0.3) is 0 Å². The average molecular weight is 364 g/mol. The molecular weight excluding hydrogens is 357 g/mol. The Bertz CT molecular complexity index is 117. The van der Waals surface area contributed by atoms with Gasteiger partial charge in [0, 0.05) is 0 Å². The summed E-state index contributed by atoms with van der Waals surface area (Å²) in [5, 5.41) is 0. The van der Waals surface area contributed by atoms with Crippen molar-refractivity contribution in [3.8, 4) is 0 Å². The zero-order chi connectivity index (χ0) is 4.41. The fourth-order valence-electron chi connectivity index (χ4n) is 0.470. The van der Waals surface area contributed by atoms with Crippen molar-refractivity contribution in [1.29, 1.82) is 0 Å². The Kier molecular flexibility index (Phi) is 28.6. The van der Waals surface area contributed by atoms with Crippen molar-refractivity contribution in [2.75, 3.05) is 0 Å². The van der Waals surface area contributed by atoms with E-state index >= 15 is 0 Å². The Hall–Kier alpha value is 1.09. The minimum atomic E-state index is 0. The van der Waals surface area contributed by atoms with Crippen LogP contribution in [0.3, 0.4) is 0 Å². The molecule has 0 radical (unpaired) electrons. The number of hydrogen-bond donors (Lipinski definition) is 0. The van der Waals surface area contributed by atoms with Gasteiger partial charge in [0.05, 0.1) is 0 Å². The molecule has 0 fully saturated rings. The van der Waals surface area contributed by atoms with E-state index in [0.717, 1.165) is 0 Å². The van der Waals surface area contributed by atoms with Crippen molar-refractivity contribution in [2.24, 2.45) is 0 Å². The minimum absolute atomic E-state index is 0. The van der Waals surface area contributed by atoms with Gasteiger partial charge in [0.15, 0.2) is 0 Å². The molecule has 10 heavy (non-hydrogen) atoms. The fraction of sp³-hybridized carbons (Fsp3) is 0.167. The van der Waals surface area contributed by atoms with Crippen LogP contribution in [0.1, 0.15) is 5.56 Å². The Balaban J connectivity index is -0.0000000450. The van der Waals surface area contributed by atoms with Gasteiger partial charge in [-0.05, 0) is 0 Å². The maximum atomic E-state index is 2.08. The van der Waals surface area contributed by atoms with E-state index in [0.29, 0.717) is 0 Å². The van der Waals surface area contributed by atoms with E-state index in [1.807, 2.05) is 12.1 Å². The van der Waals surface area contributed by atoms with Crippen molar-refractivity contribution < 1.29 is 63.1 Å². The Labute approximate surface area is 99.2 Å². The van der Waals surface area contributed by atoms with Gasteiger partial charge in [-0.2, -0.15) is 17.7 Å². The van der Waals surface area contributed by atoms with Crippen molar-refractivity contribution in [3.63, 3.8) is 0 Å². The van der Waals surface area contributed by atoms with Gasteiger partial charge in [-0.15, -0.1) is 0 Å². The van der Waals surface area contributed by atoms with E-state index in [-0.39, 0.29) is 63.1 Å². The second kappa shape index (κ2) is 12.7. The first-order chi connectivity index (χ1) is 2.89. The molecular formula is C6H7Cl3Hf. The van der Waals surface area contributed by atoms with E-state index < -0.39 is 0 Å². The van der Waals surface area contributed by atoms with E-state index in [1.165, 1.54) is 5.56 Å². The molecule has 0 aliphatic heterocycles. The molecule has 0 saturated heterocycles. The summed E-state index contributed by atoms with van der Waals surface area (Å²) < 4.78 is 0. The van der Waals surface area contributed by atoms with Gasteiger partial charge in [0.1, 0.15) is 0 Å². The Morgan fingerprint density at radius 1 is 0.900 bits per heavy atom. The standard InChI is InChI=1S/C6H7.3ClH.Hf/c1-6-4-2-3-5-6;;;;/h2-5H,1H3;3*1H;/q-1;;;;+4/p-3. The van der Waals surface area contributed by atoms with Gasteiger partial charge in [-0.25, -0.2) is 12.1 Å². The van der Waals surface area contributed by atoms with Crippen LogP contribution >= 0.6 is 0 Å². The van der Waals surface area contributed by atoms with E-state index in [9.17, 15) is 0 Å². The molecule has 0 unspecified atom stereocenters. The maximum Gasteiger partial charge on any atom is 4.00 e. The van der Waals surface area contributed by atoms with Crippen LogP contribution in [0.4, 0.5) is 0 Å². The van der Waals surface area contributed by atoms with Crippen LogP contribution in [0.15, 0.2) is 24.3 Å². The summed E-state index contributed by atoms with van der Waals surface area (Å²) in [7, 11) is 0. The predicted molar refractivity (Wildman–Crippen MR) is 26.8 cm³/mol. The quantitative estimate of drug-likeness (QED) is 0.317. The molecule has 56 valence electrons. The summed E-state index contributed by atoms with van der Waals surface area (Å²) in [6.07, 6.45) is 0. The number of hydrogen-bond acceptors (Lipinski definition) is 0. The number of rotatable bonds is 0. The van der Waals surface area contributed by atoms with E-state index in [4.69, 9.17) is 0 Å². The van der Waals surface area contributed by atoms with Crippen LogP contribution in [0.5, 0.6) is 0 Å². The van der Waals surface area contributed by atoms with Crippen molar-refractivity contribution >= 4 is 0 Å². The average Bonchev–Trinajstić information content (AvgIpc) is 1.86. The van der Waals surface area contributed by atoms with Gasteiger partial charge >= 0.3 is 25.8 Å². The molecule has 0 heterocycles. The van der Waals surface area contributed by atoms with Crippen LogP contribution in [0, 0.1) is 6.92 Å². The van der Waals surface area contributed by atoms with Crippen LogP contribution < -0.4 is 37.2 Å². The molecule has 4 heteroatoms. The molecule has 0 aliphatic carbocycles. The van der Waals surface area contributed by atoms with Gasteiger partial charge in [-0.1, -0.05) is 6.92 Å². The zero-order valence-corrected chi connectivity index (χ0v) is 11.3. The molecule has 0 saturated carbocycles. The van der Waals surface area contributed by atoms with Crippen molar-refractivity contribution in [3.05, 3.63) is 29.8 Å². The molecule has 0 spiro atoms. The first kappa shape index (κ1) is 22.5. The van der Waals surface area contributed by atoms with Crippen LogP contribution in [0.2, 0.25) is 0 Å². The predicted octanol–water partition coefficient (Wildman–Crippen LogP) is -7.28. The third-order valence-electron chi connectivity index (χ3n) is 0.829. The van der Waals surface area contributed by atoms with E-state index in [1.54, 1.807) is 0 Å². The van der Waals surface area contributed by atoms with E-state index in [2.05, 4.69) is 19.1 Å². The number of aryl methyl sites for hydroxylation is 1. The van der Waals surface area contributed by atoms with Gasteiger partial charge in [-0.3, -0.25) is 0 Å². The van der Waals surface area contributed by atoms with Gasteiger partial charge < -0.3 is 37.2 Å². The number of halogens is 3. The topological polar surface area (TPSA) is 0 Å². The molecule has 1 aromatic rings. The van der Waals surface area contributed by atoms with Gasteiger partial charge in [0.25, 0.3) is 0 Å². The largest absolute Gasteiger partial charge is 4.00 e. The second-order valence-electron chi connectivity index (χ2n) is 1.46. The minimum Gasteiger partial charge on any atom is -1.00 e. The smallest absolute Gasteiger partial charge is 1.00 e. The first-order valence-electron chi connectivity index (χ1n) is 2.08. The molecule has 0 bridgehead atoms. The summed E-state index contributed by atoms with van der Waals surface area (Å²) in [5.41, 5.74) is 1.34. The molecule has 0 aliphatic rings. The summed E-state index contributed by atoms with van der Waals surface area (Å²) >= 11 is 0. The molecule has 0 nitrogen and oxygen atoms in total. The van der Waals surface area contributed by atoms with Gasteiger partial charge in [0.2, 0.25) is 0 Å². The Morgan fingerprint density at radius 3 is 1.30 bits per heavy atom. The molecule has 1 aromatic carbocycles. The third kappa shape index (κ3) is 9.09. The molecule has 0 amide bonds. The first-order valence-corrected chi connectivity index (χ1v) is 2.08. The fourth-order valence-corrected chi connectivity index (χ4v) is 0.470. The zero-order valence-electron chi connectivity index (χ0n) is 5.44. The molecule has 0 N–H and O–H groups in total. The normalized spacial score (nSPS) is 5.30. The summed E-state index contributed by atoms with van der Waals surface area (Å²) in [6, 6.07) is 8.24. The maximum absolute atomic E-state index is 2.08. The second-order valence-corrected chi connectivity index (χ2v) is 1.46.